The molecular formula is C10H13NO3. The van der Waals surface area contributed by atoms with E-state index in [-0.39, 0.29) is 5.91 Å². The molecule has 4 heteroatoms. The molecule has 0 saturated carbocycles. The van der Waals surface area contributed by atoms with Gasteiger partial charge in [-0.25, -0.2) is 0 Å². The SMILES string of the molecule is O=C1CCC(O)N1CCc1ccco1. The summed E-state index contributed by atoms with van der Waals surface area (Å²) in [5.41, 5.74) is 0. The van der Waals surface area contributed by atoms with E-state index in [0.717, 1.165) is 5.76 Å². The van der Waals surface area contributed by atoms with Crippen molar-refractivity contribution in [3.05, 3.63) is 24.2 Å². The summed E-state index contributed by atoms with van der Waals surface area (Å²) in [4.78, 5) is 12.8. The number of carbonyl (C=O) groups is 1. The second kappa shape index (κ2) is 3.84. The maximum Gasteiger partial charge on any atom is 0.224 e. The second-order valence-corrected chi connectivity index (χ2v) is 3.44. The van der Waals surface area contributed by atoms with Gasteiger partial charge in [-0.05, 0) is 12.1 Å². The molecule has 1 amide bonds. The van der Waals surface area contributed by atoms with Gasteiger partial charge in [0, 0.05) is 25.8 Å². The molecule has 1 N–H and O–H groups in total. The van der Waals surface area contributed by atoms with Gasteiger partial charge in [-0.1, -0.05) is 0 Å². The maximum atomic E-state index is 11.3. The van der Waals surface area contributed by atoms with Crippen LogP contribution in [0.1, 0.15) is 18.6 Å². The summed E-state index contributed by atoms with van der Waals surface area (Å²) in [5.74, 6) is 0.876. The lowest BCUT2D eigenvalue weighted by Gasteiger charge is -2.19. The van der Waals surface area contributed by atoms with Crippen LogP contribution in [0.2, 0.25) is 0 Å². The Labute approximate surface area is 82.1 Å². The zero-order chi connectivity index (χ0) is 9.97. The first-order valence-electron chi connectivity index (χ1n) is 4.77. The van der Waals surface area contributed by atoms with Gasteiger partial charge in [0.15, 0.2) is 0 Å². The van der Waals surface area contributed by atoms with Gasteiger partial charge in [0.2, 0.25) is 5.91 Å². The van der Waals surface area contributed by atoms with Crippen LogP contribution in [0.4, 0.5) is 0 Å². The standard InChI is InChI=1S/C10H13NO3/c12-9-3-4-10(13)11(9)6-5-8-2-1-7-14-8/h1-2,7,9,12H,3-6H2. The lowest BCUT2D eigenvalue weighted by Crippen LogP contribution is -2.34. The first-order chi connectivity index (χ1) is 6.77. The Bertz CT molecular complexity index is 307. The Balaban J connectivity index is 1.88. The van der Waals surface area contributed by atoms with Crippen molar-refractivity contribution in [2.75, 3.05) is 6.54 Å². The highest BCUT2D eigenvalue weighted by atomic mass is 16.3. The van der Waals surface area contributed by atoms with Crippen LogP contribution in [0.15, 0.2) is 22.8 Å². The molecule has 2 heterocycles. The van der Waals surface area contributed by atoms with Crippen LogP contribution in [0.5, 0.6) is 0 Å². The fourth-order valence-electron chi connectivity index (χ4n) is 1.68. The normalized spacial score (nSPS) is 21.9. The first-order valence-corrected chi connectivity index (χ1v) is 4.77. The van der Waals surface area contributed by atoms with Crippen LogP contribution in [0.3, 0.4) is 0 Å². The third kappa shape index (κ3) is 1.80. The van der Waals surface area contributed by atoms with Crippen molar-refractivity contribution in [2.45, 2.75) is 25.5 Å². The minimum atomic E-state index is -0.600. The Kier molecular flexibility index (Phi) is 2.54. The van der Waals surface area contributed by atoms with E-state index in [9.17, 15) is 9.90 Å². The molecule has 1 unspecified atom stereocenters. The largest absolute Gasteiger partial charge is 0.469 e. The van der Waals surface area contributed by atoms with E-state index in [1.165, 1.54) is 4.90 Å². The Morgan fingerprint density at radius 1 is 1.64 bits per heavy atom. The van der Waals surface area contributed by atoms with E-state index in [1.54, 1.807) is 6.26 Å². The predicted octanol–water partition coefficient (Wildman–Crippen LogP) is 0.763. The van der Waals surface area contributed by atoms with Crippen LogP contribution >= 0.6 is 0 Å². The summed E-state index contributed by atoms with van der Waals surface area (Å²) in [6.45, 7) is 0.535. The molecule has 2 rings (SSSR count). The van der Waals surface area contributed by atoms with Crippen LogP contribution < -0.4 is 0 Å². The second-order valence-electron chi connectivity index (χ2n) is 3.44. The van der Waals surface area contributed by atoms with Crippen LogP contribution in [-0.2, 0) is 11.2 Å². The van der Waals surface area contributed by atoms with Crippen molar-refractivity contribution in [2.24, 2.45) is 0 Å². The van der Waals surface area contributed by atoms with E-state index in [0.29, 0.717) is 25.8 Å². The zero-order valence-corrected chi connectivity index (χ0v) is 7.85. The molecule has 0 spiro atoms. The van der Waals surface area contributed by atoms with Crippen molar-refractivity contribution in [1.29, 1.82) is 0 Å². The quantitative estimate of drug-likeness (QED) is 0.774. The zero-order valence-electron chi connectivity index (χ0n) is 7.85. The fourth-order valence-corrected chi connectivity index (χ4v) is 1.68. The number of amides is 1. The molecule has 1 saturated heterocycles. The molecule has 0 aromatic carbocycles. The van der Waals surface area contributed by atoms with Gasteiger partial charge in [-0.2, -0.15) is 0 Å². The van der Waals surface area contributed by atoms with Crippen LogP contribution in [0.25, 0.3) is 0 Å². The van der Waals surface area contributed by atoms with E-state index in [4.69, 9.17) is 4.42 Å². The van der Waals surface area contributed by atoms with Crippen molar-refractivity contribution in [3.8, 4) is 0 Å². The highest BCUT2D eigenvalue weighted by Gasteiger charge is 2.28. The van der Waals surface area contributed by atoms with Gasteiger partial charge in [0.05, 0.1) is 6.26 Å². The van der Waals surface area contributed by atoms with E-state index in [1.807, 2.05) is 12.1 Å². The number of aliphatic hydroxyl groups excluding tert-OH is 1. The molecule has 0 radical (unpaired) electrons. The number of hydrogen-bond acceptors (Lipinski definition) is 3. The highest BCUT2D eigenvalue weighted by molar-refractivity contribution is 5.78. The molecular weight excluding hydrogens is 182 g/mol. The molecule has 0 aliphatic carbocycles. The van der Waals surface area contributed by atoms with Crippen molar-refractivity contribution >= 4 is 5.91 Å². The number of nitrogens with zero attached hydrogens (tertiary/aromatic N) is 1. The fraction of sp³-hybridized carbons (Fsp3) is 0.500. The summed E-state index contributed by atoms with van der Waals surface area (Å²) in [5, 5.41) is 9.46. The van der Waals surface area contributed by atoms with Crippen molar-refractivity contribution in [1.82, 2.24) is 4.90 Å². The smallest absolute Gasteiger partial charge is 0.224 e. The first kappa shape index (κ1) is 9.27. The molecule has 1 atom stereocenters. The Hall–Kier alpha value is -1.29. The van der Waals surface area contributed by atoms with Crippen molar-refractivity contribution in [3.63, 3.8) is 0 Å². The summed E-state index contributed by atoms with van der Waals surface area (Å²) in [6, 6.07) is 3.69. The van der Waals surface area contributed by atoms with Gasteiger partial charge in [0.1, 0.15) is 12.0 Å². The number of likely N-dealkylation sites (tertiary alicyclic amines) is 1. The van der Waals surface area contributed by atoms with Gasteiger partial charge < -0.3 is 14.4 Å². The van der Waals surface area contributed by atoms with Gasteiger partial charge in [0.25, 0.3) is 0 Å². The summed E-state index contributed by atoms with van der Waals surface area (Å²) in [6.07, 6.45) is 2.68. The molecule has 1 aliphatic heterocycles. The average molecular weight is 195 g/mol. The number of furan rings is 1. The number of rotatable bonds is 3. The van der Waals surface area contributed by atoms with Gasteiger partial charge in [-0.3, -0.25) is 4.79 Å². The molecule has 1 aliphatic rings. The molecule has 1 aromatic heterocycles. The predicted molar refractivity (Wildman–Crippen MR) is 49.4 cm³/mol. The van der Waals surface area contributed by atoms with E-state index < -0.39 is 6.23 Å². The topological polar surface area (TPSA) is 53.7 Å². The van der Waals surface area contributed by atoms with Crippen molar-refractivity contribution < 1.29 is 14.3 Å². The van der Waals surface area contributed by atoms with Gasteiger partial charge in [-0.15, -0.1) is 0 Å². The summed E-state index contributed by atoms with van der Waals surface area (Å²) in [7, 11) is 0. The molecule has 14 heavy (non-hydrogen) atoms. The minimum Gasteiger partial charge on any atom is -0.469 e. The Morgan fingerprint density at radius 3 is 3.07 bits per heavy atom. The third-order valence-electron chi connectivity index (χ3n) is 2.48. The summed E-state index contributed by atoms with van der Waals surface area (Å²) >= 11 is 0. The molecule has 1 aromatic rings. The Morgan fingerprint density at radius 2 is 2.50 bits per heavy atom. The third-order valence-corrected chi connectivity index (χ3v) is 2.48. The molecule has 76 valence electrons. The van der Waals surface area contributed by atoms with Crippen LogP contribution in [0, 0.1) is 0 Å². The lowest BCUT2D eigenvalue weighted by molar-refractivity contribution is -0.133. The minimum absolute atomic E-state index is 0.0315. The van der Waals surface area contributed by atoms with Crippen LogP contribution in [-0.4, -0.2) is 28.7 Å². The maximum absolute atomic E-state index is 11.3. The monoisotopic (exact) mass is 195 g/mol. The highest BCUT2D eigenvalue weighted by Crippen LogP contribution is 2.16. The summed E-state index contributed by atoms with van der Waals surface area (Å²) < 4.78 is 5.14. The lowest BCUT2D eigenvalue weighted by atomic mass is 10.3. The van der Waals surface area contributed by atoms with Gasteiger partial charge >= 0.3 is 0 Å². The van der Waals surface area contributed by atoms with E-state index >= 15 is 0 Å². The molecule has 4 nitrogen and oxygen atoms in total. The molecule has 0 bridgehead atoms. The number of carbonyl (C=O) groups excluding carboxylic acids is 1. The molecule has 1 fully saturated rings. The van der Waals surface area contributed by atoms with E-state index in [2.05, 4.69) is 0 Å². The average Bonchev–Trinajstić information content (AvgIpc) is 2.76. The number of hydrogen-bond donors (Lipinski definition) is 1. The number of aliphatic hydroxyl groups is 1.